The summed E-state index contributed by atoms with van der Waals surface area (Å²) < 4.78 is 11.2. The predicted octanol–water partition coefficient (Wildman–Crippen LogP) is 3.55. The molecule has 0 atom stereocenters. The summed E-state index contributed by atoms with van der Waals surface area (Å²) in [6, 6.07) is 9.04. The molecule has 0 aliphatic heterocycles. The van der Waals surface area contributed by atoms with Gasteiger partial charge in [0.15, 0.2) is 11.5 Å². The first-order chi connectivity index (χ1) is 9.60. The van der Waals surface area contributed by atoms with Crippen molar-refractivity contribution in [3.63, 3.8) is 0 Å². The molecule has 0 aromatic heterocycles. The number of allylic oxidation sites excluding steroid dienone is 1. The lowest BCUT2D eigenvalue weighted by atomic mass is 10.1. The van der Waals surface area contributed by atoms with Gasteiger partial charge in [0.2, 0.25) is 0 Å². The minimum absolute atomic E-state index is 0.0586. The van der Waals surface area contributed by atoms with Crippen LogP contribution in [0.4, 0.5) is 0 Å². The summed E-state index contributed by atoms with van der Waals surface area (Å²) in [7, 11) is 0. The van der Waals surface area contributed by atoms with Crippen LogP contribution < -0.4 is 9.47 Å². The second kappa shape index (κ2) is 7.86. The quantitative estimate of drug-likeness (QED) is 0.741. The molecule has 20 heavy (non-hydrogen) atoms. The number of rotatable bonds is 6. The fourth-order valence-corrected chi connectivity index (χ4v) is 1.51. The van der Waals surface area contributed by atoms with Gasteiger partial charge in [0.1, 0.15) is 17.7 Å². The topological polar surface area (TPSA) is 66.0 Å². The van der Waals surface area contributed by atoms with Crippen LogP contribution in [0.25, 0.3) is 6.08 Å². The fourth-order valence-electron chi connectivity index (χ4n) is 1.51. The molecule has 0 N–H and O–H groups in total. The summed E-state index contributed by atoms with van der Waals surface area (Å²) in [5.41, 5.74) is 0.798. The molecule has 0 aliphatic carbocycles. The van der Waals surface area contributed by atoms with Gasteiger partial charge in [0.05, 0.1) is 13.2 Å². The van der Waals surface area contributed by atoms with Gasteiger partial charge in [0.25, 0.3) is 0 Å². The van der Waals surface area contributed by atoms with E-state index in [0.717, 1.165) is 5.56 Å². The fraction of sp³-hybridized carbons (Fsp3) is 0.375. The van der Waals surface area contributed by atoms with E-state index in [-0.39, 0.29) is 5.57 Å². The van der Waals surface area contributed by atoms with Gasteiger partial charge < -0.3 is 9.47 Å². The van der Waals surface area contributed by atoms with E-state index >= 15 is 0 Å². The van der Waals surface area contributed by atoms with Crippen LogP contribution in [0, 0.1) is 28.6 Å². The highest BCUT2D eigenvalue weighted by atomic mass is 16.5. The Balaban J connectivity index is 3.04. The number of nitrogens with zero attached hydrogens (tertiary/aromatic N) is 2. The minimum atomic E-state index is 0.0586. The molecule has 0 amide bonds. The maximum absolute atomic E-state index is 8.76. The predicted molar refractivity (Wildman–Crippen MR) is 77.1 cm³/mol. The maximum atomic E-state index is 8.76. The molecular weight excluding hydrogens is 252 g/mol. The minimum Gasteiger partial charge on any atom is -0.490 e. The molecule has 0 unspecified atom stereocenters. The molecule has 4 nitrogen and oxygen atoms in total. The third-order valence-electron chi connectivity index (χ3n) is 2.39. The lowest BCUT2D eigenvalue weighted by Gasteiger charge is -2.13. The van der Waals surface area contributed by atoms with Gasteiger partial charge in [-0.25, -0.2) is 0 Å². The molecule has 0 saturated carbocycles. The van der Waals surface area contributed by atoms with Crippen LogP contribution in [0.5, 0.6) is 11.5 Å². The number of benzene rings is 1. The Morgan fingerprint density at radius 3 is 2.45 bits per heavy atom. The van der Waals surface area contributed by atoms with E-state index in [2.05, 4.69) is 13.8 Å². The summed E-state index contributed by atoms with van der Waals surface area (Å²) in [6.45, 7) is 7.17. The van der Waals surface area contributed by atoms with E-state index in [1.165, 1.54) is 6.08 Å². The first kappa shape index (κ1) is 15.6. The van der Waals surface area contributed by atoms with Crippen LogP contribution in [-0.4, -0.2) is 13.2 Å². The maximum Gasteiger partial charge on any atom is 0.161 e. The highest BCUT2D eigenvalue weighted by Crippen LogP contribution is 2.29. The van der Waals surface area contributed by atoms with Crippen molar-refractivity contribution in [1.82, 2.24) is 0 Å². The van der Waals surface area contributed by atoms with E-state index in [9.17, 15) is 0 Å². The van der Waals surface area contributed by atoms with Crippen LogP contribution >= 0.6 is 0 Å². The molecule has 0 radical (unpaired) electrons. The average molecular weight is 270 g/mol. The van der Waals surface area contributed by atoms with Crippen LogP contribution in [0.1, 0.15) is 26.3 Å². The normalized spacial score (nSPS) is 9.50. The summed E-state index contributed by atoms with van der Waals surface area (Å²) in [5.74, 6) is 1.72. The zero-order valence-corrected chi connectivity index (χ0v) is 12.0. The van der Waals surface area contributed by atoms with Crippen LogP contribution in [0.3, 0.4) is 0 Å². The molecular formula is C16H18N2O2. The van der Waals surface area contributed by atoms with Crippen LogP contribution in [0.2, 0.25) is 0 Å². The van der Waals surface area contributed by atoms with Crippen molar-refractivity contribution in [3.05, 3.63) is 29.3 Å². The van der Waals surface area contributed by atoms with E-state index in [1.54, 1.807) is 18.2 Å². The standard InChI is InChI=1S/C16H18N2O2/c1-4-19-16-8-13(7-14(9-17)10-18)5-6-15(16)20-11-12(2)3/h5-8,12H,4,11H2,1-3H3. The van der Waals surface area contributed by atoms with Crippen LogP contribution in [0.15, 0.2) is 23.8 Å². The highest BCUT2D eigenvalue weighted by Gasteiger charge is 2.07. The van der Waals surface area contributed by atoms with Crippen molar-refractivity contribution in [2.75, 3.05) is 13.2 Å². The molecule has 0 heterocycles. The molecule has 4 heteroatoms. The number of ether oxygens (including phenoxy) is 2. The first-order valence-electron chi connectivity index (χ1n) is 6.52. The summed E-state index contributed by atoms with van der Waals surface area (Å²) in [5, 5.41) is 17.5. The molecule has 0 saturated heterocycles. The van der Waals surface area contributed by atoms with Gasteiger partial charge in [-0.3, -0.25) is 0 Å². The molecule has 104 valence electrons. The Kier molecular flexibility index (Phi) is 6.13. The smallest absolute Gasteiger partial charge is 0.161 e. The Bertz CT molecular complexity index is 547. The first-order valence-corrected chi connectivity index (χ1v) is 6.52. The van der Waals surface area contributed by atoms with Crippen molar-refractivity contribution >= 4 is 6.08 Å². The Morgan fingerprint density at radius 1 is 1.20 bits per heavy atom. The molecule has 0 spiro atoms. The Labute approximate surface area is 119 Å². The molecule has 1 aromatic rings. The van der Waals surface area contributed by atoms with Crippen LogP contribution in [-0.2, 0) is 0 Å². The third kappa shape index (κ3) is 4.66. The van der Waals surface area contributed by atoms with E-state index < -0.39 is 0 Å². The zero-order chi connectivity index (χ0) is 15.0. The molecule has 1 rings (SSSR count). The second-order valence-electron chi connectivity index (χ2n) is 4.63. The number of nitriles is 2. The van der Waals surface area contributed by atoms with Gasteiger partial charge in [-0.2, -0.15) is 10.5 Å². The average Bonchev–Trinajstić information content (AvgIpc) is 2.44. The third-order valence-corrected chi connectivity index (χ3v) is 2.39. The molecule has 0 bridgehead atoms. The van der Waals surface area contributed by atoms with Gasteiger partial charge >= 0.3 is 0 Å². The lowest BCUT2D eigenvalue weighted by molar-refractivity contribution is 0.248. The SMILES string of the molecule is CCOc1cc(C=C(C#N)C#N)ccc1OCC(C)C. The summed E-state index contributed by atoms with van der Waals surface area (Å²) in [6.07, 6.45) is 1.52. The molecule has 0 fully saturated rings. The van der Waals surface area contributed by atoms with Crippen molar-refractivity contribution < 1.29 is 9.47 Å². The second-order valence-corrected chi connectivity index (χ2v) is 4.63. The van der Waals surface area contributed by atoms with Gasteiger partial charge in [-0.05, 0) is 36.6 Å². The number of hydrogen-bond donors (Lipinski definition) is 0. The van der Waals surface area contributed by atoms with Gasteiger partial charge in [-0.15, -0.1) is 0 Å². The van der Waals surface area contributed by atoms with Gasteiger partial charge in [-0.1, -0.05) is 19.9 Å². The van der Waals surface area contributed by atoms with Crippen molar-refractivity contribution in [2.45, 2.75) is 20.8 Å². The lowest BCUT2D eigenvalue weighted by Crippen LogP contribution is -2.06. The summed E-state index contributed by atoms with van der Waals surface area (Å²) >= 11 is 0. The summed E-state index contributed by atoms with van der Waals surface area (Å²) in [4.78, 5) is 0. The van der Waals surface area contributed by atoms with Gasteiger partial charge in [0, 0.05) is 0 Å². The monoisotopic (exact) mass is 270 g/mol. The molecule has 0 aliphatic rings. The van der Waals surface area contributed by atoms with E-state index in [1.807, 2.05) is 19.1 Å². The Morgan fingerprint density at radius 2 is 1.90 bits per heavy atom. The van der Waals surface area contributed by atoms with E-state index in [0.29, 0.717) is 30.6 Å². The zero-order valence-electron chi connectivity index (χ0n) is 12.0. The highest BCUT2D eigenvalue weighted by molar-refractivity contribution is 5.64. The largest absolute Gasteiger partial charge is 0.490 e. The van der Waals surface area contributed by atoms with Crippen molar-refractivity contribution in [2.24, 2.45) is 5.92 Å². The Hall–Kier alpha value is -2.46. The van der Waals surface area contributed by atoms with Crippen molar-refractivity contribution in [3.8, 4) is 23.6 Å². The van der Waals surface area contributed by atoms with E-state index in [4.69, 9.17) is 20.0 Å². The van der Waals surface area contributed by atoms with Crippen molar-refractivity contribution in [1.29, 1.82) is 10.5 Å². The number of hydrogen-bond acceptors (Lipinski definition) is 4. The molecule has 1 aromatic carbocycles.